The zero-order valence-corrected chi connectivity index (χ0v) is 13.1. The molecule has 0 spiro atoms. The Balaban J connectivity index is 1.88. The molecule has 0 atom stereocenters. The Labute approximate surface area is 133 Å². The summed E-state index contributed by atoms with van der Waals surface area (Å²) in [6, 6.07) is 11.0. The van der Waals surface area contributed by atoms with Crippen LogP contribution >= 0.6 is 0 Å². The van der Waals surface area contributed by atoms with Gasteiger partial charge in [-0.05, 0) is 60.5 Å². The molecule has 118 valence electrons. The molecule has 0 saturated heterocycles. The van der Waals surface area contributed by atoms with Crippen molar-refractivity contribution in [2.75, 3.05) is 6.54 Å². The average Bonchev–Trinajstić information content (AvgIpc) is 2.98. The summed E-state index contributed by atoms with van der Waals surface area (Å²) in [5.74, 6) is -0.456. The molecule has 0 saturated carbocycles. The van der Waals surface area contributed by atoms with Gasteiger partial charge in [0.15, 0.2) is 0 Å². The van der Waals surface area contributed by atoms with E-state index in [2.05, 4.69) is 5.32 Å². The van der Waals surface area contributed by atoms with Gasteiger partial charge in [0.05, 0.1) is 10.4 Å². The van der Waals surface area contributed by atoms with Crippen molar-refractivity contribution in [2.45, 2.75) is 17.9 Å². The fraction of sp³-hybridized carbons (Fsp3) is 0.176. The molecule has 2 heterocycles. The van der Waals surface area contributed by atoms with E-state index in [1.807, 2.05) is 6.07 Å². The van der Waals surface area contributed by atoms with Gasteiger partial charge in [0.25, 0.3) is 10.0 Å². The van der Waals surface area contributed by atoms with E-state index in [1.165, 1.54) is 23.9 Å². The van der Waals surface area contributed by atoms with Crippen molar-refractivity contribution >= 4 is 20.9 Å². The third kappa shape index (κ3) is 2.34. The van der Waals surface area contributed by atoms with Crippen LogP contribution in [0.15, 0.2) is 53.6 Å². The van der Waals surface area contributed by atoms with E-state index in [0.29, 0.717) is 17.4 Å². The molecule has 3 aromatic rings. The summed E-state index contributed by atoms with van der Waals surface area (Å²) in [5.41, 5.74) is 2.52. The molecule has 6 heteroatoms. The van der Waals surface area contributed by atoms with Gasteiger partial charge in [0.2, 0.25) is 0 Å². The fourth-order valence-corrected chi connectivity index (χ4v) is 4.41. The van der Waals surface area contributed by atoms with Crippen LogP contribution in [0.4, 0.5) is 4.39 Å². The summed E-state index contributed by atoms with van der Waals surface area (Å²) in [5, 5.41) is 3.93. The van der Waals surface area contributed by atoms with Crippen LogP contribution in [0.25, 0.3) is 10.9 Å². The lowest BCUT2D eigenvalue weighted by molar-refractivity contribution is 0.587. The maximum absolute atomic E-state index is 13.5. The third-order valence-corrected chi connectivity index (χ3v) is 5.93. The minimum absolute atomic E-state index is 0.224. The second-order valence-electron chi connectivity index (χ2n) is 5.68. The Morgan fingerprint density at radius 2 is 1.91 bits per heavy atom. The van der Waals surface area contributed by atoms with Gasteiger partial charge in [-0.15, -0.1) is 0 Å². The van der Waals surface area contributed by atoms with Crippen molar-refractivity contribution in [3.05, 3.63) is 65.6 Å². The fourth-order valence-electron chi connectivity index (χ4n) is 3.02. The normalized spacial score (nSPS) is 14.8. The van der Waals surface area contributed by atoms with Crippen molar-refractivity contribution in [1.29, 1.82) is 0 Å². The van der Waals surface area contributed by atoms with Crippen molar-refractivity contribution in [3.63, 3.8) is 0 Å². The van der Waals surface area contributed by atoms with Crippen LogP contribution < -0.4 is 5.32 Å². The molecule has 0 unspecified atom stereocenters. The van der Waals surface area contributed by atoms with E-state index in [0.717, 1.165) is 22.5 Å². The quantitative estimate of drug-likeness (QED) is 0.786. The zero-order chi connectivity index (χ0) is 16.0. The lowest BCUT2D eigenvalue weighted by atomic mass is 10.0. The molecule has 0 amide bonds. The van der Waals surface area contributed by atoms with E-state index in [9.17, 15) is 12.8 Å². The van der Waals surface area contributed by atoms with Gasteiger partial charge in [-0.3, -0.25) is 0 Å². The maximum Gasteiger partial charge on any atom is 0.268 e. The van der Waals surface area contributed by atoms with Crippen molar-refractivity contribution < 1.29 is 12.8 Å². The highest BCUT2D eigenvalue weighted by Crippen LogP contribution is 2.25. The smallest absolute Gasteiger partial charge is 0.268 e. The Hall–Kier alpha value is -2.18. The molecule has 4 nitrogen and oxygen atoms in total. The number of nitrogens with one attached hydrogen (secondary N) is 1. The highest BCUT2D eigenvalue weighted by atomic mass is 32.2. The summed E-state index contributed by atoms with van der Waals surface area (Å²) in [6.07, 6.45) is 2.37. The number of rotatable bonds is 2. The van der Waals surface area contributed by atoms with Crippen LogP contribution in [0.5, 0.6) is 0 Å². The lowest BCUT2D eigenvalue weighted by Gasteiger charge is -2.18. The first-order valence-electron chi connectivity index (χ1n) is 7.40. The predicted octanol–water partition coefficient (Wildman–Crippen LogP) is 2.66. The third-order valence-electron chi connectivity index (χ3n) is 4.24. The Morgan fingerprint density at radius 1 is 1.04 bits per heavy atom. The van der Waals surface area contributed by atoms with E-state index >= 15 is 0 Å². The summed E-state index contributed by atoms with van der Waals surface area (Å²) in [7, 11) is -3.75. The molecule has 1 aromatic heterocycles. The summed E-state index contributed by atoms with van der Waals surface area (Å²) in [6.45, 7) is 1.57. The number of hydrogen-bond donors (Lipinski definition) is 1. The highest BCUT2D eigenvalue weighted by molar-refractivity contribution is 7.90. The molecule has 1 aliphatic rings. The molecule has 0 aliphatic carbocycles. The van der Waals surface area contributed by atoms with Crippen LogP contribution in [0, 0.1) is 5.82 Å². The average molecular weight is 330 g/mol. The number of fused-ring (bicyclic) bond motifs is 2. The maximum atomic E-state index is 13.5. The van der Waals surface area contributed by atoms with Gasteiger partial charge in [0, 0.05) is 18.1 Å². The van der Waals surface area contributed by atoms with Crippen LogP contribution in [0.3, 0.4) is 0 Å². The molecule has 23 heavy (non-hydrogen) atoms. The summed E-state index contributed by atoms with van der Waals surface area (Å²) < 4.78 is 40.5. The number of nitrogens with zero attached hydrogens (tertiary/aromatic N) is 1. The van der Waals surface area contributed by atoms with Crippen molar-refractivity contribution in [1.82, 2.24) is 9.29 Å². The predicted molar refractivity (Wildman–Crippen MR) is 86.3 cm³/mol. The molecule has 2 aromatic carbocycles. The van der Waals surface area contributed by atoms with Crippen LogP contribution in [0.2, 0.25) is 0 Å². The lowest BCUT2D eigenvalue weighted by Crippen LogP contribution is -2.24. The number of hydrogen-bond acceptors (Lipinski definition) is 3. The largest absolute Gasteiger partial charge is 0.312 e. The van der Waals surface area contributed by atoms with Crippen LogP contribution in [-0.4, -0.2) is 18.9 Å². The van der Waals surface area contributed by atoms with E-state index < -0.39 is 15.8 Å². The van der Waals surface area contributed by atoms with E-state index in [4.69, 9.17) is 0 Å². The second kappa shape index (κ2) is 5.18. The van der Waals surface area contributed by atoms with E-state index in [1.54, 1.807) is 24.3 Å². The Bertz CT molecular complexity index is 1010. The zero-order valence-electron chi connectivity index (χ0n) is 12.3. The summed E-state index contributed by atoms with van der Waals surface area (Å²) >= 11 is 0. The van der Waals surface area contributed by atoms with Crippen molar-refractivity contribution in [2.24, 2.45) is 0 Å². The van der Waals surface area contributed by atoms with Gasteiger partial charge in [0.1, 0.15) is 5.82 Å². The van der Waals surface area contributed by atoms with E-state index in [-0.39, 0.29) is 4.90 Å². The molecule has 0 radical (unpaired) electrons. The Kier molecular flexibility index (Phi) is 3.25. The molecule has 0 fully saturated rings. The second-order valence-corrected chi connectivity index (χ2v) is 7.49. The topological polar surface area (TPSA) is 51.1 Å². The molecular weight excluding hydrogens is 315 g/mol. The van der Waals surface area contributed by atoms with Gasteiger partial charge in [-0.1, -0.05) is 6.07 Å². The van der Waals surface area contributed by atoms with Crippen LogP contribution in [0.1, 0.15) is 11.1 Å². The number of halogens is 1. The SMILES string of the molecule is O=S(=O)(c1ccc2c(c1)CNCC2)n1ccc2ccc(F)cc21. The monoisotopic (exact) mass is 330 g/mol. The number of aromatic nitrogens is 1. The minimum Gasteiger partial charge on any atom is -0.312 e. The molecule has 0 bridgehead atoms. The first kappa shape index (κ1) is 14.4. The first-order chi connectivity index (χ1) is 11.1. The molecule has 1 aliphatic heterocycles. The van der Waals surface area contributed by atoms with Crippen molar-refractivity contribution in [3.8, 4) is 0 Å². The minimum atomic E-state index is -3.75. The highest BCUT2D eigenvalue weighted by Gasteiger charge is 2.21. The van der Waals surface area contributed by atoms with Gasteiger partial charge in [-0.2, -0.15) is 0 Å². The summed E-state index contributed by atoms with van der Waals surface area (Å²) in [4.78, 5) is 0.224. The Morgan fingerprint density at radius 3 is 2.78 bits per heavy atom. The standard InChI is InChI=1S/C17H15FN2O2S/c18-15-3-1-13-6-8-20(17(13)10-15)23(21,22)16-4-2-12-5-7-19-11-14(12)9-16/h1-4,6,8-10,19H,5,7,11H2. The number of benzene rings is 2. The molecule has 4 rings (SSSR count). The van der Waals surface area contributed by atoms with Gasteiger partial charge in [-0.25, -0.2) is 16.8 Å². The molecule has 1 N–H and O–H groups in total. The van der Waals surface area contributed by atoms with Gasteiger partial charge < -0.3 is 5.32 Å². The van der Waals surface area contributed by atoms with Crippen LogP contribution in [-0.2, 0) is 23.0 Å². The molecular formula is C17H15FN2O2S. The van der Waals surface area contributed by atoms with Gasteiger partial charge >= 0.3 is 0 Å². The first-order valence-corrected chi connectivity index (χ1v) is 8.84.